The molecular weight excluding hydrogens is 530 g/mol. The highest BCUT2D eigenvalue weighted by Gasteiger charge is 2.59. The minimum absolute atomic E-state index is 0.184. The van der Waals surface area contributed by atoms with Crippen molar-refractivity contribution in [1.82, 2.24) is 15.2 Å². The fraction of sp³-hybridized carbons (Fsp3) is 0.500. The van der Waals surface area contributed by atoms with Gasteiger partial charge in [-0.15, -0.1) is 0 Å². The Morgan fingerprint density at radius 3 is 2.50 bits per heavy atom. The first-order valence-electron chi connectivity index (χ1n) is 14.9. The Morgan fingerprint density at radius 2 is 1.86 bits per heavy atom. The van der Waals surface area contributed by atoms with E-state index in [2.05, 4.69) is 52.1 Å². The number of hydrogen-bond acceptors (Lipinski definition) is 6. The number of hydrogen-bond donors (Lipinski definition) is 2. The van der Waals surface area contributed by atoms with Crippen molar-refractivity contribution in [1.29, 1.82) is 0 Å². The van der Waals surface area contributed by atoms with Gasteiger partial charge in [-0.1, -0.05) is 77.1 Å². The first kappa shape index (κ1) is 30.0. The first-order valence-corrected chi connectivity index (χ1v) is 14.9. The number of carbonyl (C=O) groups excluding carboxylic acids is 1. The number of aromatic nitrogens is 1. The number of ether oxygens (including phenoxy) is 2. The number of benzene rings is 2. The zero-order valence-electron chi connectivity index (χ0n) is 25.5. The number of aliphatic carboxylic acids is 1. The van der Waals surface area contributed by atoms with Crippen molar-refractivity contribution in [3.8, 4) is 5.88 Å². The molecule has 2 N–H and O–H groups in total. The summed E-state index contributed by atoms with van der Waals surface area (Å²) in [7, 11) is 1.61. The lowest BCUT2D eigenvalue weighted by atomic mass is 9.72. The van der Waals surface area contributed by atoms with Crippen LogP contribution >= 0.6 is 0 Å². The number of methoxy groups -OCH3 is 1. The SMILES string of the molecule is COc1nc2ccccc2cc1CN[C@H]1[C@H](C(C)(C)C)[C@@H](C(=O)O)N(C(=O)[C@@H]2CCCO2)[C@H]1c1ccccc1C(C)C. The van der Waals surface area contributed by atoms with Gasteiger partial charge in [-0.3, -0.25) is 4.79 Å². The summed E-state index contributed by atoms with van der Waals surface area (Å²) in [6.07, 6.45) is 0.747. The molecule has 0 saturated carbocycles. The van der Waals surface area contributed by atoms with Gasteiger partial charge in [-0.2, -0.15) is 0 Å². The summed E-state index contributed by atoms with van der Waals surface area (Å²) in [5, 5.41) is 15.5. The third-order valence-corrected chi connectivity index (χ3v) is 8.80. The van der Waals surface area contributed by atoms with Crippen LogP contribution in [-0.4, -0.2) is 58.8 Å². The van der Waals surface area contributed by atoms with E-state index in [9.17, 15) is 14.7 Å². The topological polar surface area (TPSA) is 101 Å². The van der Waals surface area contributed by atoms with Crippen LogP contribution in [0.15, 0.2) is 54.6 Å². The number of likely N-dealkylation sites (tertiary alicyclic amines) is 1. The molecule has 1 aromatic heterocycles. The van der Waals surface area contributed by atoms with Crippen LogP contribution in [0.5, 0.6) is 5.88 Å². The van der Waals surface area contributed by atoms with Gasteiger partial charge in [0.25, 0.3) is 5.91 Å². The second kappa shape index (κ2) is 12.0. The van der Waals surface area contributed by atoms with Gasteiger partial charge in [0, 0.05) is 36.1 Å². The van der Waals surface area contributed by atoms with E-state index in [1.54, 1.807) is 12.0 Å². The van der Waals surface area contributed by atoms with Crippen molar-refractivity contribution in [2.75, 3.05) is 13.7 Å². The molecule has 3 aromatic rings. The maximum Gasteiger partial charge on any atom is 0.326 e. The second-order valence-electron chi connectivity index (χ2n) is 12.9. The third-order valence-electron chi connectivity index (χ3n) is 8.80. The van der Waals surface area contributed by atoms with E-state index < -0.39 is 35.5 Å². The van der Waals surface area contributed by atoms with E-state index in [-0.39, 0.29) is 17.9 Å². The summed E-state index contributed by atoms with van der Waals surface area (Å²) in [4.78, 5) is 33.8. The van der Waals surface area contributed by atoms with Crippen molar-refractivity contribution >= 4 is 22.8 Å². The lowest BCUT2D eigenvalue weighted by molar-refractivity contribution is -0.156. The van der Waals surface area contributed by atoms with Crippen molar-refractivity contribution in [3.05, 3.63) is 71.3 Å². The van der Waals surface area contributed by atoms with E-state index >= 15 is 0 Å². The molecule has 2 saturated heterocycles. The normalized spacial score (nSPS) is 24.5. The number of nitrogens with zero attached hydrogens (tertiary/aromatic N) is 2. The van der Waals surface area contributed by atoms with Crippen LogP contribution in [-0.2, 0) is 20.9 Å². The smallest absolute Gasteiger partial charge is 0.326 e. The molecule has 224 valence electrons. The molecule has 8 heteroatoms. The number of carboxylic acid groups (broad SMARTS) is 1. The van der Waals surface area contributed by atoms with Gasteiger partial charge in [-0.25, -0.2) is 9.78 Å². The van der Waals surface area contributed by atoms with Gasteiger partial charge in [0.2, 0.25) is 5.88 Å². The zero-order valence-corrected chi connectivity index (χ0v) is 25.5. The van der Waals surface area contributed by atoms with Crippen molar-refractivity contribution in [2.45, 2.75) is 84.2 Å². The maximum absolute atomic E-state index is 14.2. The van der Waals surface area contributed by atoms with E-state index in [1.807, 2.05) is 42.5 Å². The highest BCUT2D eigenvalue weighted by atomic mass is 16.5. The standard InChI is InChI=1S/C34H43N3O5/c1-20(2)23-13-8-9-14-24(23)29-28(35-19-22-18-21-12-7-10-15-25(21)36-31(22)41-6)27(34(3,4)5)30(33(39)40)37(29)32(38)26-16-11-17-42-26/h7-10,12-15,18,20,26-30,35H,11,16-17,19H2,1-6H3,(H,39,40)/t26-,27-,28-,29-,30-/m0/s1. The van der Waals surface area contributed by atoms with Gasteiger partial charge in [0.05, 0.1) is 18.7 Å². The molecule has 0 radical (unpaired) electrons. The number of carbonyl (C=O) groups is 2. The molecule has 2 aliphatic heterocycles. The predicted octanol–water partition coefficient (Wildman–Crippen LogP) is 5.70. The van der Waals surface area contributed by atoms with E-state index in [4.69, 9.17) is 14.5 Å². The minimum Gasteiger partial charge on any atom is -0.481 e. The highest BCUT2D eigenvalue weighted by Crippen LogP contribution is 2.50. The van der Waals surface area contributed by atoms with Crippen LogP contribution in [0.4, 0.5) is 0 Å². The molecule has 5 rings (SSSR count). The van der Waals surface area contributed by atoms with Gasteiger partial charge in [0.15, 0.2) is 0 Å². The van der Waals surface area contributed by atoms with Crippen LogP contribution in [0.25, 0.3) is 10.9 Å². The van der Waals surface area contributed by atoms with Gasteiger partial charge in [-0.05, 0) is 47.4 Å². The highest BCUT2D eigenvalue weighted by molar-refractivity contribution is 5.88. The fourth-order valence-electron chi connectivity index (χ4n) is 6.97. The minimum atomic E-state index is -1.03. The Bertz CT molecular complexity index is 1440. The van der Waals surface area contributed by atoms with Crippen LogP contribution in [0.2, 0.25) is 0 Å². The van der Waals surface area contributed by atoms with Gasteiger partial charge in [0.1, 0.15) is 12.1 Å². The number of nitrogens with one attached hydrogen (secondary N) is 1. The number of pyridine rings is 1. The zero-order chi connectivity index (χ0) is 30.2. The summed E-state index contributed by atoms with van der Waals surface area (Å²) in [6, 6.07) is 16.2. The Kier molecular flexibility index (Phi) is 8.58. The molecule has 2 fully saturated rings. The van der Waals surface area contributed by atoms with Crippen LogP contribution in [0, 0.1) is 11.3 Å². The van der Waals surface area contributed by atoms with E-state index in [1.165, 1.54) is 0 Å². The van der Waals surface area contributed by atoms with E-state index in [0.29, 0.717) is 25.5 Å². The first-order chi connectivity index (χ1) is 20.0. The molecular formula is C34H43N3O5. The quantitative estimate of drug-likeness (QED) is 0.356. The Balaban J connectivity index is 1.65. The molecule has 3 heterocycles. The summed E-state index contributed by atoms with van der Waals surface area (Å²) in [5.74, 6) is -0.935. The third kappa shape index (κ3) is 5.62. The fourth-order valence-corrected chi connectivity index (χ4v) is 6.97. The summed E-state index contributed by atoms with van der Waals surface area (Å²) in [5.41, 5.74) is 3.34. The lowest BCUT2D eigenvalue weighted by Gasteiger charge is -2.35. The van der Waals surface area contributed by atoms with Crippen molar-refractivity contribution < 1.29 is 24.2 Å². The molecule has 5 atom stereocenters. The summed E-state index contributed by atoms with van der Waals surface area (Å²) >= 11 is 0. The van der Waals surface area contributed by atoms with Crippen LogP contribution in [0.3, 0.4) is 0 Å². The number of fused-ring (bicyclic) bond motifs is 1. The molecule has 2 aromatic carbocycles. The molecule has 2 aliphatic rings. The number of para-hydroxylation sites is 1. The summed E-state index contributed by atoms with van der Waals surface area (Å²) < 4.78 is 11.5. The number of rotatable bonds is 8. The van der Waals surface area contributed by atoms with Crippen LogP contribution < -0.4 is 10.1 Å². The maximum atomic E-state index is 14.2. The Morgan fingerprint density at radius 1 is 1.14 bits per heavy atom. The average Bonchev–Trinajstić information content (AvgIpc) is 3.62. The Labute approximate surface area is 248 Å². The molecule has 42 heavy (non-hydrogen) atoms. The monoisotopic (exact) mass is 573 g/mol. The second-order valence-corrected chi connectivity index (χ2v) is 12.9. The molecule has 1 amide bonds. The van der Waals surface area contributed by atoms with Crippen molar-refractivity contribution in [3.63, 3.8) is 0 Å². The van der Waals surface area contributed by atoms with Gasteiger partial charge >= 0.3 is 5.97 Å². The van der Waals surface area contributed by atoms with E-state index in [0.717, 1.165) is 34.0 Å². The number of carboxylic acids is 1. The number of amides is 1. The average molecular weight is 574 g/mol. The van der Waals surface area contributed by atoms with Crippen molar-refractivity contribution in [2.24, 2.45) is 11.3 Å². The molecule has 0 aliphatic carbocycles. The Hall–Kier alpha value is -3.49. The molecule has 8 nitrogen and oxygen atoms in total. The van der Waals surface area contributed by atoms with Gasteiger partial charge < -0.3 is 24.8 Å². The molecule has 0 bridgehead atoms. The lowest BCUT2D eigenvalue weighted by Crippen LogP contribution is -2.50. The molecule has 0 spiro atoms. The molecule has 0 unspecified atom stereocenters. The summed E-state index contributed by atoms with van der Waals surface area (Å²) in [6.45, 7) is 11.3. The predicted molar refractivity (Wildman–Crippen MR) is 162 cm³/mol. The largest absolute Gasteiger partial charge is 0.481 e. The van der Waals surface area contributed by atoms with Crippen LogP contribution in [0.1, 0.15) is 76.1 Å².